The third kappa shape index (κ3) is 18.9. The molecule has 0 unspecified atom stereocenters. The van der Waals surface area contributed by atoms with Crippen LogP contribution in [-0.2, 0) is 9.90 Å². The fraction of sp³-hybridized carbons (Fsp3) is 0.571. The molecule has 77 valence electrons. The van der Waals surface area contributed by atoms with E-state index in [0.29, 0.717) is 0 Å². The zero-order valence-electron chi connectivity index (χ0n) is 7.57. The lowest BCUT2D eigenvalue weighted by atomic mass is 10.4. The maximum atomic E-state index is 9.49. The smallest absolute Gasteiger partial charge is 0.242 e. The monoisotopic (exact) mass is 261 g/mol. The topological polar surface area (TPSA) is 37.0 Å². The molecular weight excluding hydrogens is 251 g/mol. The lowest BCUT2D eigenvalue weighted by molar-refractivity contribution is -0.138. The van der Waals surface area contributed by atoms with Gasteiger partial charge >= 0.3 is 12.0 Å². The van der Waals surface area contributed by atoms with E-state index in [0.717, 1.165) is 12.5 Å². The number of hydrogen-bond acceptors (Lipinski definition) is 1. The van der Waals surface area contributed by atoms with Gasteiger partial charge in [-0.25, -0.2) is 9.90 Å². The van der Waals surface area contributed by atoms with Gasteiger partial charge in [0, 0.05) is 5.57 Å². The highest BCUT2D eigenvalue weighted by Gasteiger charge is 2.22. The molecule has 0 saturated carbocycles. The molecule has 0 rings (SSSR count). The second-order valence-electron chi connectivity index (χ2n) is 2.43. The molecule has 13 heavy (non-hydrogen) atoms. The second-order valence-corrected chi connectivity index (χ2v) is 11.7. The fourth-order valence-electron chi connectivity index (χ4n) is 0.283. The summed E-state index contributed by atoms with van der Waals surface area (Å²) in [6, 6.07) is -1.47. The third-order valence-corrected chi connectivity index (χ3v) is 3.65. The summed E-state index contributed by atoms with van der Waals surface area (Å²) in [5.41, 5.74) is 0.0648. The molecule has 0 aromatic carbocycles. The minimum Gasteiger partial charge on any atom is -0.242 e. The molecular formula is C7H12Cl3O2Si. The van der Waals surface area contributed by atoms with E-state index in [-0.39, 0.29) is 5.57 Å². The van der Waals surface area contributed by atoms with Crippen molar-refractivity contribution in [2.45, 2.75) is 26.3 Å². The summed E-state index contributed by atoms with van der Waals surface area (Å²) in [6.07, 6.45) is 0.975. The van der Waals surface area contributed by atoms with Crippen molar-refractivity contribution >= 4 is 45.2 Å². The van der Waals surface area contributed by atoms with Crippen molar-refractivity contribution in [3.8, 4) is 0 Å². The van der Waals surface area contributed by atoms with E-state index in [1.165, 1.54) is 6.92 Å². The van der Waals surface area contributed by atoms with Crippen molar-refractivity contribution in [3.63, 3.8) is 0 Å². The summed E-state index contributed by atoms with van der Waals surface area (Å²) < 4.78 is 0. The van der Waals surface area contributed by atoms with Crippen LogP contribution in [-0.4, -0.2) is 12.0 Å². The van der Waals surface area contributed by atoms with Crippen molar-refractivity contribution in [1.29, 1.82) is 0 Å². The predicted octanol–water partition coefficient (Wildman–Crippen LogP) is 3.57. The molecule has 0 bridgehead atoms. The van der Waals surface area contributed by atoms with Crippen LogP contribution in [0.2, 0.25) is 6.04 Å². The normalized spacial score (nSPS) is 9.92. The van der Waals surface area contributed by atoms with Crippen molar-refractivity contribution in [3.05, 3.63) is 12.2 Å². The molecule has 0 aliphatic heterocycles. The Hall–Kier alpha value is 0.297. The van der Waals surface area contributed by atoms with Crippen molar-refractivity contribution < 1.29 is 9.90 Å². The Morgan fingerprint density at radius 3 is 1.69 bits per heavy atom. The van der Waals surface area contributed by atoms with Crippen LogP contribution in [0, 0.1) is 0 Å². The molecule has 0 spiro atoms. The molecule has 0 saturated heterocycles. The molecule has 1 radical (unpaired) electrons. The minimum absolute atomic E-state index is 0.0648. The van der Waals surface area contributed by atoms with E-state index in [1.807, 2.05) is 6.92 Å². The van der Waals surface area contributed by atoms with Crippen molar-refractivity contribution in [2.75, 3.05) is 0 Å². The third-order valence-electron chi connectivity index (χ3n) is 0.882. The van der Waals surface area contributed by atoms with E-state index in [9.17, 15) is 9.90 Å². The van der Waals surface area contributed by atoms with Crippen LogP contribution in [0.1, 0.15) is 20.3 Å². The molecule has 0 atom stereocenters. The van der Waals surface area contributed by atoms with Crippen molar-refractivity contribution in [1.82, 2.24) is 0 Å². The molecule has 0 aliphatic rings. The first-order valence-corrected chi connectivity index (χ1v) is 8.88. The van der Waals surface area contributed by atoms with Gasteiger partial charge in [0.1, 0.15) is 0 Å². The highest BCUT2D eigenvalue weighted by atomic mass is 35.8. The fourth-order valence-corrected chi connectivity index (χ4v) is 2.55. The molecule has 0 N–H and O–H groups in total. The van der Waals surface area contributed by atoms with Crippen LogP contribution in [0.5, 0.6) is 0 Å². The largest absolute Gasteiger partial charge is 0.381 e. The lowest BCUT2D eigenvalue weighted by Gasteiger charge is -2.01. The Balaban J connectivity index is 0. The number of halogens is 3. The summed E-state index contributed by atoms with van der Waals surface area (Å²) in [5, 5.41) is 9.49. The van der Waals surface area contributed by atoms with Gasteiger partial charge in [-0.3, -0.25) is 0 Å². The van der Waals surface area contributed by atoms with Crippen molar-refractivity contribution in [2.24, 2.45) is 0 Å². The lowest BCUT2D eigenvalue weighted by Crippen LogP contribution is -2.06. The molecule has 0 aliphatic carbocycles. The molecule has 0 aromatic heterocycles. The highest BCUT2D eigenvalue weighted by molar-refractivity contribution is 7.64. The number of carbonyl (C=O) groups is 1. The van der Waals surface area contributed by atoms with Crippen LogP contribution >= 0.6 is 33.2 Å². The van der Waals surface area contributed by atoms with Gasteiger partial charge in [-0.1, -0.05) is 19.9 Å². The van der Waals surface area contributed by atoms with Gasteiger partial charge in [-0.15, -0.1) is 33.2 Å². The SMILES string of the molecule is C=C(C)C([O])=O.CCC[Si](Cl)(Cl)Cl. The van der Waals surface area contributed by atoms with E-state index < -0.39 is 12.0 Å². The minimum atomic E-state index is -2.24. The van der Waals surface area contributed by atoms with E-state index in [1.54, 1.807) is 0 Å². The zero-order valence-corrected chi connectivity index (χ0v) is 10.8. The Kier molecular flexibility index (Phi) is 9.30. The first-order chi connectivity index (χ1) is 5.70. The first-order valence-electron chi connectivity index (χ1n) is 3.64. The Morgan fingerprint density at radius 1 is 1.38 bits per heavy atom. The maximum absolute atomic E-state index is 9.49. The van der Waals surface area contributed by atoms with Gasteiger partial charge in [-0.05, 0) is 13.0 Å². The summed E-state index contributed by atoms with van der Waals surface area (Å²) in [6.45, 7) is 6.49. The number of carbonyl (C=O) groups excluding carboxylic acids is 1. The van der Waals surface area contributed by atoms with Crippen LogP contribution in [0.25, 0.3) is 0 Å². The van der Waals surface area contributed by atoms with Gasteiger partial charge in [0.05, 0.1) is 0 Å². The maximum Gasteiger partial charge on any atom is 0.381 e. The highest BCUT2D eigenvalue weighted by Crippen LogP contribution is 2.25. The quantitative estimate of drug-likeness (QED) is 0.435. The Bertz CT molecular complexity index is 165. The Morgan fingerprint density at radius 2 is 1.69 bits per heavy atom. The summed E-state index contributed by atoms with van der Waals surface area (Å²) in [4.78, 5) is 9.49. The average molecular weight is 263 g/mol. The standard InChI is InChI=1S/C4H5O2.C3H7Cl3Si/c1-3(2)4(5)6;1-2-3-7(4,5)6/h1H2,2H3;2-3H2,1H3. The number of rotatable bonds is 3. The van der Waals surface area contributed by atoms with Crippen LogP contribution < -0.4 is 0 Å². The molecule has 0 fully saturated rings. The Labute approximate surface area is 93.6 Å². The van der Waals surface area contributed by atoms with Gasteiger partial charge < -0.3 is 0 Å². The number of hydrogen-bond donors (Lipinski definition) is 0. The second kappa shape index (κ2) is 7.68. The predicted molar refractivity (Wildman–Crippen MR) is 58.9 cm³/mol. The van der Waals surface area contributed by atoms with Crippen LogP contribution in [0.4, 0.5) is 0 Å². The van der Waals surface area contributed by atoms with Gasteiger partial charge in [0.15, 0.2) is 0 Å². The van der Waals surface area contributed by atoms with Gasteiger partial charge in [-0.2, -0.15) is 0 Å². The van der Waals surface area contributed by atoms with E-state index >= 15 is 0 Å². The summed E-state index contributed by atoms with van der Waals surface area (Å²) >= 11 is 16.5. The summed E-state index contributed by atoms with van der Waals surface area (Å²) in [7, 11) is 0. The first kappa shape index (κ1) is 15.8. The molecule has 6 heteroatoms. The summed E-state index contributed by atoms with van der Waals surface area (Å²) in [5.74, 6) is -1.19. The molecule has 2 nitrogen and oxygen atoms in total. The van der Waals surface area contributed by atoms with Gasteiger partial charge in [0.25, 0.3) is 0 Å². The van der Waals surface area contributed by atoms with Crippen LogP contribution in [0.15, 0.2) is 12.2 Å². The van der Waals surface area contributed by atoms with E-state index in [4.69, 9.17) is 33.2 Å². The van der Waals surface area contributed by atoms with Gasteiger partial charge in [0.2, 0.25) is 0 Å². The van der Waals surface area contributed by atoms with E-state index in [2.05, 4.69) is 6.58 Å². The zero-order chi connectivity index (χ0) is 11.1. The van der Waals surface area contributed by atoms with Crippen LogP contribution in [0.3, 0.4) is 0 Å². The molecule has 0 amide bonds. The average Bonchev–Trinajstić information content (AvgIpc) is 1.85. The molecule has 0 heterocycles. The molecule has 0 aromatic rings.